The summed E-state index contributed by atoms with van der Waals surface area (Å²) in [6, 6.07) is -0.684. The fourth-order valence-corrected chi connectivity index (χ4v) is 4.12. The van der Waals surface area contributed by atoms with Gasteiger partial charge in [0.15, 0.2) is 0 Å². The van der Waals surface area contributed by atoms with Gasteiger partial charge in [0.05, 0.1) is 13.2 Å². The van der Waals surface area contributed by atoms with E-state index >= 15 is 0 Å². The Morgan fingerprint density at radius 1 is 1.35 bits per heavy atom. The number of nitrogens with one attached hydrogen (secondary N) is 2. The van der Waals surface area contributed by atoms with E-state index in [0.29, 0.717) is 52.5 Å². The van der Waals surface area contributed by atoms with Crippen molar-refractivity contribution in [2.24, 2.45) is 0 Å². The van der Waals surface area contributed by atoms with Crippen molar-refractivity contribution in [1.82, 2.24) is 19.2 Å². The van der Waals surface area contributed by atoms with Gasteiger partial charge in [-0.05, 0) is 6.92 Å². The minimum absolute atomic E-state index is 0.253. The Morgan fingerprint density at radius 3 is 2.70 bits per heavy atom. The van der Waals surface area contributed by atoms with Gasteiger partial charge in [0.25, 0.3) is 10.2 Å². The Balaban J connectivity index is 2.15. The molecule has 2 N–H and O–H groups in total. The van der Waals surface area contributed by atoms with E-state index in [4.69, 9.17) is 4.74 Å². The van der Waals surface area contributed by atoms with E-state index in [2.05, 4.69) is 10.6 Å². The fourth-order valence-electron chi connectivity index (χ4n) is 2.40. The molecule has 2 heterocycles. The van der Waals surface area contributed by atoms with Gasteiger partial charge in [-0.25, -0.2) is 0 Å². The number of amides is 1. The molecule has 0 aliphatic carbocycles. The molecule has 2 aliphatic rings. The van der Waals surface area contributed by atoms with Gasteiger partial charge in [-0.2, -0.15) is 17.0 Å². The molecule has 0 aromatic rings. The van der Waals surface area contributed by atoms with Crippen LogP contribution in [0.1, 0.15) is 6.92 Å². The zero-order valence-corrected chi connectivity index (χ0v) is 12.5. The van der Waals surface area contributed by atoms with Gasteiger partial charge in [-0.15, -0.1) is 0 Å². The predicted octanol–water partition coefficient (Wildman–Crippen LogP) is -2.03. The Morgan fingerprint density at radius 2 is 2.05 bits per heavy atom. The molecule has 8 nitrogen and oxygen atoms in total. The largest absolute Gasteiger partial charge is 0.379 e. The van der Waals surface area contributed by atoms with Gasteiger partial charge < -0.3 is 15.4 Å². The summed E-state index contributed by atoms with van der Waals surface area (Å²) in [5, 5.41) is 5.76. The molecular weight excluding hydrogens is 284 g/mol. The van der Waals surface area contributed by atoms with Gasteiger partial charge in [-0.1, -0.05) is 0 Å². The predicted molar refractivity (Wildman–Crippen MR) is 73.4 cm³/mol. The molecule has 0 spiro atoms. The molecule has 0 saturated carbocycles. The topological polar surface area (TPSA) is 91.0 Å². The summed E-state index contributed by atoms with van der Waals surface area (Å²) in [6.07, 6.45) is 0. The fraction of sp³-hybridized carbons (Fsp3) is 0.909. The molecule has 1 amide bonds. The van der Waals surface area contributed by atoms with Crippen LogP contribution in [0, 0.1) is 0 Å². The smallest absolute Gasteiger partial charge is 0.282 e. The number of nitrogens with zero attached hydrogens (tertiary/aromatic N) is 2. The second kappa shape index (κ2) is 6.81. The number of likely N-dealkylation sites (N-methyl/N-ethyl adjacent to an activating group) is 1. The molecule has 2 aliphatic heterocycles. The summed E-state index contributed by atoms with van der Waals surface area (Å²) in [7, 11) is -3.61. The highest BCUT2D eigenvalue weighted by atomic mass is 32.2. The maximum atomic E-state index is 12.6. The van der Waals surface area contributed by atoms with Gasteiger partial charge in [0, 0.05) is 39.3 Å². The number of hydrogen-bond acceptors (Lipinski definition) is 5. The summed E-state index contributed by atoms with van der Waals surface area (Å²) in [5.74, 6) is -0.253. The van der Waals surface area contributed by atoms with Crippen molar-refractivity contribution in [2.45, 2.75) is 13.0 Å². The van der Waals surface area contributed by atoms with Crippen molar-refractivity contribution in [3.8, 4) is 0 Å². The number of ether oxygens (including phenoxy) is 1. The average Bonchev–Trinajstić information content (AvgIpc) is 2.48. The first-order valence-corrected chi connectivity index (χ1v) is 8.30. The van der Waals surface area contributed by atoms with E-state index in [1.54, 1.807) is 0 Å². The van der Waals surface area contributed by atoms with E-state index in [0.717, 1.165) is 0 Å². The van der Waals surface area contributed by atoms with E-state index in [9.17, 15) is 13.2 Å². The van der Waals surface area contributed by atoms with Crippen LogP contribution < -0.4 is 10.6 Å². The Hall–Kier alpha value is -0.740. The third kappa shape index (κ3) is 3.29. The zero-order valence-electron chi connectivity index (χ0n) is 11.7. The van der Waals surface area contributed by atoms with Crippen LogP contribution in [0.2, 0.25) is 0 Å². The van der Waals surface area contributed by atoms with Gasteiger partial charge in [0.1, 0.15) is 6.04 Å². The molecule has 2 fully saturated rings. The molecule has 2 saturated heterocycles. The average molecular weight is 306 g/mol. The molecule has 0 radical (unpaired) electrons. The van der Waals surface area contributed by atoms with Crippen molar-refractivity contribution in [3.05, 3.63) is 0 Å². The first kappa shape index (κ1) is 15.6. The van der Waals surface area contributed by atoms with Crippen LogP contribution in [0.4, 0.5) is 0 Å². The Kier molecular flexibility index (Phi) is 5.33. The summed E-state index contributed by atoms with van der Waals surface area (Å²) >= 11 is 0. The number of carbonyl (C=O) groups excluding carboxylic acids is 1. The molecular formula is C11H22N4O4S. The number of rotatable bonds is 4. The van der Waals surface area contributed by atoms with Crippen molar-refractivity contribution in [1.29, 1.82) is 0 Å². The SMILES string of the molecule is CCNC(=O)C1CNCCN1S(=O)(=O)N1CCOCC1. The molecule has 0 aromatic carbocycles. The monoisotopic (exact) mass is 306 g/mol. The maximum Gasteiger partial charge on any atom is 0.282 e. The van der Waals surface area contributed by atoms with Crippen LogP contribution in [-0.2, 0) is 19.7 Å². The standard InChI is InChI=1S/C11H22N4O4S/c1-2-13-11(16)10-9-12-3-4-15(10)20(17,18)14-5-7-19-8-6-14/h10,12H,2-9H2,1H3,(H,13,16). The van der Waals surface area contributed by atoms with Crippen LogP contribution in [0.15, 0.2) is 0 Å². The highest BCUT2D eigenvalue weighted by molar-refractivity contribution is 7.86. The second-order valence-corrected chi connectivity index (χ2v) is 6.63. The third-order valence-corrected chi connectivity index (χ3v) is 5.49. The van der Waals surface area contributed by atoms with Crippen LogP contribution in [-0.4, -0.2) is 81.5 Å². The second-order valence-electron chi connectivity index (χ2n) is 4.74. The normalized spacial score (nSPS) is 26.4. The lowest BCUT2D eigenvalue weighted by Gasteiger charge is -2.38. The van der Waals surface area contributed by atoms with Crippen molar-refractivity contribution < 1.29 is 17.9 Å². The lowest BCUT2D eigenvalue weighted by Crippen LogP contribution is -2.62. The van der Waals surface area contributed by atoms with E-state index in [1.807, 2.05) is 6.92 Å². The van der Waals surface area contributed by atoms with Crippen LogP contribution >= 0.6 is 0 Å². The summed E-state index contributed by atoms with van der Waals surface area (Å²) < 4.78 is 33.2. The molecule has 116 valence electrons. The Labute approximate surface area is 119 Å². The highest BCUT2D eigenvalue weighted by Gasteiger charge is 2.40. The molecule has 1 unspecified atom stereocenters. The van der Waals surface area contributed by atoms with Crippen LogP contribution in [0.3, 0.4) is 0 Å². The Bertz CT molecular complexity index is 436. The third-order valence-electron chi connectivity index (χ3n) is 3.44. The number of carbonyl (C=O) groups is 1. The van der Waals surface area contributed by atoms with Gasteiger partial charge >= 0.3 is 0 Å². The summed E-state index contributed by atoms with van der Waals surface area (Å²) in [4.78, 5) is 12.0. The number of hydrogen-bond donors (Lipinski definition) is 2. The van der Waals surface area contributed by atoms with E-state index in [1.165, 1.54) is 8.61 Å². The molecule has 0 aromatic heterocycles. The maximum absolute atomic E-state index is 12.6. The van der Waals surface area contributed by atoms with Gasteiger partial charge in [-0.3, -0.25) is 4.79 Å². The molecule has 1 atom stereocenters. The lowest BCUT2D eigenvalue weighted by atomic mass is 10.2. The van der Waals surface area contributed by atoms with Crippen molar-refractivity contribution in [2.75, 3.05) is 52.5 Å². The molecule has 9 heteroatoms. The minimum atomic E-state index is -3.61. The molecule has 0 bridgehead atoms. The minimum Gasteiger partial charge on any atom is -0.379 e. The lowest BCUT2D eigenvalue weighted by molar-refractivity contribution is -0.125. The van der Waals surface area contributed by atoms with Crippen molar-refractivity contribution in [3.63, 3.8) is 0 Å². The van der Waals surface area contributed by atoms with Crippen LogP contribution in [0.5, 0.6) is 0 Å². The molecule has 2 rings (SSSR count). The van der Waals surface area contributed by atoms with E-state index in [-0.39, 0.29) is 5.91 Å². The number of piperazine rings is 1. The first-order chi connectivity index (χ1) is 9.57. The van der Waals surface area contributed by atoms with Crippen LogP contribution in [0.25, 0.3) is 0 Å². The zero-order chi connectivity index (χ0) is 14.6. The first-order valence-electron chi connectivity index (χ1n) is 6.90. The van der Waals surface area contributed by atoms with Crippen molar-refractivity contribution >= 4 is 16.1 Å². The summed E-state index contributed by atoms with van der Waals surface area (Å²) in [6.45, 7) is 4.99. The highest BCUT2D eigenvalue weighted by Crippen LogP contribution is 2.16. The summed E-state index contributed by atoms with van der Waals surface area (Å²) in [5.41, 5.74) is 0. The quantitative estimate of drug-likeness (QED) is 0.625. The van der Waals surface area contributed by atoms with E-state index < -0.39 is 16.3 Å². The number of morpholine rings is 1. The van der Waals surface area contributed by atoms with Gasteiger partial charge in [0.2, 0.25) is 5.91 Å². The molecule has 20 heavy (non-hydrogen) atoms.